The maximum Gasteiger partial charge on any atom is 0.123 e. The Hall–Kier alpha value is -1.48. The SMILES string of the molecule is CCCCCc1cc(O)c([C@H]2C=C(C)CC[C@@H]2C(C)(C)O)c(O)c1. The summed E-state index contributed by atoms with van der Waals surface area (Å²) in [5.41, 5.74) is 1.91. The summed E-state index contributed by atoms with van der Waals surface area (Å²) in [6, 6.07) is 3.56. The number of aliphatic hydroxyl groups is 1. The molecule has 0 bridgehead atoms. The standard InChI is InChI=1S/C21H32O3/c1-5-6-7-8-15-12-18(22)20(19(23)13-15)16-11-14(2)9-10-17(16)21(3,4)24/h11-13,16-17,22-24H,5-10H2,1-4H3/t16-,17-/m0/s1. The van der Waals surface area contributed by atoms with E-state index < -0.39 is 5.60 Å². The topological polar surface area (TPSA) is 60.7 Å². The van der Waals surface area contributed by atoms with Crippen LogP contribution in [0.4, 0.5) is 0 Å². The third-order valence-electron chi connectivity index (χ3n) is 5.25. The molecule has 2 atom stereocenters. The fourth-order valence-electron chi connectivity index (χ4n) is 3.89. The smallest absolute Gasteiger partial charge is 0.123 e. The summed E-state index contributed by atoms with van der Waals surface area (Å²) in [4.78, 5) is 0. The molecule has 1 aromatic rings. The molecular weight excluding hydrogens is 300 g/mol. The Morgan fingerprint density at radius 1 is 1.12 bits per heavy atom. The van der Waals surface area contributed by atoms with Crippen molar-refractivity contribution in [1.82, 2.24) is 0 Å². The average molecular weight is 332 g/mol. The number of allylic oxidation sites excluding steroid dienone is 2. The Balaban J connectivity index is 2.36. The molecule has 134 valence electrons. The third kappa shape index (κ3) is 4.32. The summed E-state index contributed by atoms with van der Waals surface area (Å²) in [5.74, 6) is 0.103. The second kappa shape index (κ2) is 7.60. The van der Waals surface area contributed by atoms with Crippen LogP contribution in [-0.2, 0) is 6.42 Å². The number of hydrogen-bond donors (Lipinski definition) is 3. The Morgan fingerprint density at radius 3 is 2.29 bits per heavy atom. The molecule has 1 aliphatic rings. The van der Waals surface area contributed by atoms with E-state index >= 15 is 0 Å². The van der Waals surface area contributed by atoms with E-state index in [1.807, 2.05) is 13.8 Å². The van der Waals surface area contributed by atoms with Crippen molar-refractivity contribution in [2.45, 2.75) is 77.7 Å². The predicted octanol–water partition coefficient (Wildman–Crippen LogP) is 5.04. The van der Waals surface area contributed by atoms with Crippen molar-refractivity contribution in [1.29, 1.82) is 0 Å². The summed E-state index contributed by atoms with van der Waals surface area (Å²) in [6.07, 6.45) is 8.12. The van der Waals surface area contributed by atoms with Gasteiger partial charge in [-0.15, -0.1) is 0 Å². The molecule has 3 heteroatoms. The minimum Gasteiger partial charge on any atom is -0.507 e. The molecule has 0 unspecified atom stereocenters. The van der Waals surface area contributed by atoms with Gasteiger partial charge in [0, 0.05) is 11.5 Å². The highest BCUT2D eigenvalue weighted by atomic mass is 16.3. The fourth-order valence-corrected chi connectivity index (χ4v) is 3.89. The lowest BCUT2D eigenvalue weighted by Gasteiger charge is -2.38. The molecule has 2 rings (SSSR count). The van der Waals surface area contributed by atoms with Crippen molar-refractivity contribution in [3.8, 4) is 11.5 Å². The number of aromatic hydroxyl groups is 2. The lowest BCUT2D eigenvalue weighted by atomic mass is 9.69. The Bertz CT molecular complexity index is 573. The molecule has 24 heavy (non-hydrogen) atoms. The molecule has 0 fully saturated rings. The Labute approximate surface area is 146 Å². The van der Waals surface area contributed by atoms with Crippen LogP contribution < -0.4 is 0 Å². The molecule has 0 radical (unpaired) electrons. The van der Waals surface area contributed by atoms with E-state index in [1.165, 1.54) is 5.57 Å². The van der Waals surface area contributed by atoms with E-state index in [1.54, 1.807) is 12.1 Å². The first-order chi connectivity index (χ1) is 11.2. The van der Waals surface area contributed by atoms with Crippen molar-refractivity contribution < 1.29 is 15.3 Å². The largest absolute Gasteiger partial charge is 0.507 e. The van der Waals surface area contributed by atoms with Crippen molar-refractivity contribution in [2.24, 2.45) is 5.92 Å². The van der Waals surface area contributed by atoms with Gasteiger partial charge >= 0.3 is 0 Å². The van der Waals surface area contributed by atoms with Crippen LogP contribution in [-0.4, -0.2) is 20.9 Å². The van der Waals surface area contributed by atoms with E-state index in [0.717, 1.165) is 44.1 Å². The number of phenols is 2. The zero-order chi connectivity index (χ0) is 17.9. The van der Waals surface area contributed by atoms with E-state index in [-0.39, 0.29) is 23.3 Å². The van der Waals surface area contributed by atoms with Crippen LogP contribution in [0.3, 0.4) is 0 Å². The van der Waals surface area contributed by atoms with Gasteiger partial charge in [-0.1, -0.05) is 31.4 Å². The molecule has 0 amide bonds. The number of hydrogen-bond acceptors (Lipinski definition) is 3. The van der Waals surface area contributed by atoms with Gasteiger partial charge in [0.2, 0.25) is 0 Å². The van der Waals surface area contributed by atoms with Crippen LogP contribution in [0.2, 0.25) is 0 Å². The highest BCUT2D eigenvalue weighted by Gasteiger charge is 2.38. The Morgan fingerprint density at radius 2 is 1.75 bits per heavy atom. The summed E-state index contributed by atoms with van der Waals surface area (Å²) in [6.45, 7) is 7.85. The number of rotatable bonds is 6. The molecule has 0 heterocycles. The highest BCUT2D eigenvalue weighted by molar-refractivity contribution is 5.51. The molecule has 1 aromatic carbocycles. The predicted molar refractivity (Wildman–Crippen MR) is 98.5 cm³/mol. The second-order valence-electron chi connectivity index (χ2n) is 7.84. The summed E-state index contributed by atoms with van der Waals surface area (Å²) in [7, 11) is 0. The number of benzene rings is 1. The van der Waals surface area contributed by atoms with Crippen LogP contribution in [0.15, 0.2) is 23.8 Å². The number of aryl methyl sites for hydroxylation is 1. The molecular formula is C21H32O3. The van der Waals surface area contributed by atoms with Gasteiger partial charge in [-0.05, 0) is 70.1 Å². The molecule has 0 spiro atoms. The maximum atomic E-state index is 10.6. The molecule has 0 aromatic heterocycles. The minimum absolute atomic E-state index is 0.0241. The highest BCUT2D eigenvalue weighted by Crippen LogP contribution is 2.47. The molecule has 0 saturated heterocycles. The number of unbranched alkanes of at least 4 members (excludes halogenated alkanes) is 2. The van der Waals surface area contributed by atoms with Gasteiger partial charge < -0.3 is 15.3 Å². The van der Waals surface area contributed by atoms with Crippen LogP contribution in [0.5, 0.6) is 11.5 Å². The summed E-state index contributed by atoms with van der Waals surface area (Å²) in [5, 5.41) is 31.7. The van der Waals surface area contributed by atoms with Gasteiger partial charge in [-0.3, -0.25) is 0 Å². The van der Waals surface area contributed by atoms with Crippen LogP contribution >= 0.6 is 0 Å². The van der Waals surface area contributed by atoms with Crippen LogP contribution in [0.1, 0.15) is 76.8 Å². The zero-order valence-corrected chi connectivity index (χ0v) is 15.5. The fraction of sp³-hybridized carbons (Fsp3) is 0.619. The average Bonchev–Trinajstić information content (AvgIpc) is 2.45. The van der Waals surface area contributed by atoms with Gasteiger partial charge in [-0.25, -0.2) is 0 Å². The first kappa shape index (κ1) is 18.9. The van der Waals surface area contributed by atoms with Crippen molar-refractivity contribution in [3.63, 3.8) is 0 Å². The summed E-state index contributed by atoms with van der Waals surface area (Å²) < 4.78 is 0. The lowest BCUT2D eigenvalue weighted by molar-refractivity contribution is 0.00421. The monoisotopic (exact) mass is 332 g/mol. The van der Waals surface area contributed by atoms with E-state index in [4.69, 9.17) is 0 Å². The zero-order valence-electron chi connectivity index (χ0n) is 15.5. The quantitative estimate of drug-likeness (QED) is 0.505. The van der Waals surface area contributed by atoms with Crippen molar-refractivity contribution in [3.05, 3.63) is 34.9 Å². The molecule has 3 N–H and O–H groups in total. The van der Waals surface area contributed by atoms with Crippen LogP contribution in [0, 0.1) is 5.92 Å². The first-order valence-electron chi connectivity index (χ1n) is 9.18. The number of phenolic OH excluding ortho intramolecular Hbond substituents is 2. The molecule has 0 aliphatic heterocycles. The van der Waals surface area contributed by atoms with Gasteiger partial charge in [0.05, 0.1) is 5.60 Å². The second-order valence-corrected chi connectivity index (χ2v) is 7.84. The lowest BCUT2D eigenvalue weighted by Crippen LogP contribution is -2.36. The summed E-state index contributed by atoms with van der Waals surface area (Å²) >= 11 is 0. The van der Waals surface area contributed by atoms with Gasteiger partial charge in [0.25, 0.3) is 0 Å². The van der Waals surface area contributed by atoms with Crippen molar-refractivity contribution in [2.75, 3.05) is 0 Å². The van der Waals surface area contributed by atoms with Crippen molar-refractivity contribution >= 4 is 0 Å². The molecule has 0 saturated carbocycles. The van der Waals surface area contributed by atoms with Gasteiger partial charge in [0.1, 0.15) is 11.5 Å². The normalized spacial score (nSPS) is 21.6. The van der Waals surface area contributed by atoms with E-state index in [0.29, 0.717) is 5.56 Å². The minimum atomic E-state index is -0.861. The van der Waals surface area contributed by atoms with E-state index in [9.17, 15) is 15.3 Å². The van der Waals surface area contributed by atoms with E-state index in [2.05, 4.69) is 19.9 Å². The van der Waals surface area contributed by atoms with Gasteiger partial charge in [0.15, 0.2) is 0 Å². The third-order valence-corrected chi connectivity index (χ3v) is 5.25. The first-order valence-corrected chi connectivity index (χ1v) is 9.18. The Kier molecular flexibility index (Phi) is 5.97. The molecule has 3 nitrogen and oxygen atoms in total. The maximum absolute atomic E-state index is 10.6. The van der Waals surface area contributed by atoms with Crippen LogP contribution in [0.25, 0.3) is 0 Å². The molecule has 1 aliphatic carbocycles. The van der Waals surface area contributed by atoms with Gasteiger partial charge in [-0.2, -0.15) is 0 Å².